The van der Waals surface area contributed by atoms with Gasteiger partial charge in [-0.1, -0.05) is 0 Å². The average molecular weight is 471 g/mol. The molecule has 4 N–H and O–H groups in total. The van der Waals surface area contributed by atoms with Crippen LogP contribution < -0.4 is 16.0 Å². The Hall–Kier alpha value is -3.50. The SMILES string of the molecule is COCCNC(=O)c1ccnc(Nc2cc(/C=C\N(C)CCO)c(C=O)c(NC(C)(C)C)n2)c1. The van der Waals surface area contributed by atoms with Crippen molar-refractivity contribution in [2.24, 2.45) is 0 Å². The molecule has 0 aliphatic rings. The standard InChI is InChI=1S/C24H34N6O4/c1-24(2,3)29-22-19(16-32)17(7-10-30(4)11-12-31)14-21(28-22)27-20-15-18(6-8-25-20)23(33)26-9-13-34-5/h6-8,10,14-16,31H,9,11-13H2,1-5H3,(H,26,33)(H2,25,27,28,29)/b10-7-. The number of aldehydes is 1. The Morgan fingerprint density at radius 3 is 2.68 bits per heavy atom. The number of pyridine rings is 2. The van der Waals surface area contributed by atoms with Crippen molar-refractivity contribution in [1.29, 1.82) is 0 Å². The number of aliphatic hydroxyl groups excluding tert-OH is 1. The smallest absolute Gasteiger partial charge is 0.251 e. The van der Waals surface area contributed by atoms with Crippen molar-refractivity contribution in [3.8, 4) is 0 Å². The van der Waals surface area contributed by atoms with E-state index in [-0.39, 0.29) is 18.1 Å². The predicted molar refractivity (Wildman–Crippen MR) is 133 cm³/mol. The molecule has 184 valence electrons. The van der Waals surface area contributed by atoms with Gasteiger partial charge >= 0.3 is 0 Å². The highest BCUT2D eigenvalue weighted by Gasteiger charge is 2.17. The first kappa shape index (κ1) is 26.7. The molecule has 0 fully saturated rings. The van der Waals surface area contributed by atoms with Gasteiger partial charge in [0, 0.05) is 44.5 Å². The number of hydrogen-bond donors (Lipinski definition) is 4. The van der Waals surface area contributed by atoms with Crippen molar-refractivity contribution in [3.63, 3.8) is 0 Å². The van der Waals surface area contributed by atoms with Gasteiger partial charge in [0.15, 0.2) is 6.29 Å². The number of hydrogen-bond acceptors (Lipinski definition) is 9. The van der Waals surface area contributed by atoms with E-state index in [0.717, 1.165) is 6.29 Å². The van der Waals surface area contributed by atoms with Gasteiger partial charge in [-0.05, 0) is 56.8 Å². The second-order valence-electron chi connectivity index (χ2n) is 8.68. The minimum atomic E-state index is -0.337. The third-order valence-electron chi connectivity index (χ3n) is 4.53. The summed E-state index contributed by atoms with van der Waals surface area (Å²) in [6, 6.07) is 4.97. The first-order valence-electron chi connectivity index (χ1n) is 10.9. The number of aliphatic hydroxyl groups is 1. The van der Waals surface area contributed by atoms with Gasteiger partial charge in [0.1, 0.15) is 17.5 Å². The van der Waals surface area contributed by atoms with Crippen molar-refractivity contribution < 1.29 is 19.4 Å². The lowest BCUT2D eigenvalue weighted by Gasteiger charge is -2.23. The lowest BCUT2D eigenvalue weighted by Crippen LogP contribution is -2.28. The van der Waals surface area contributed by atoms with Gasteiger partial charge in [0.25, 0.3) is 5.91 Å². The second kappa shape index (κ2) is 12.7. The molecule has 0 saturated heterocycles. The number of amides is 1. The van der Waals surface area contributed by atoms with Crippen LogP contribution in [-0.4, -0.2) is 78.2 Å². The molecule has 0 aliphatic heterocycles. The quantitative estimate of drug-likeness (QED) is 0.273. The summed E-state index contributed by atoms with van der Waals surface area (Å²) >= 11 is 0. The van der Waals surface area contributed by atoms with Gasteiger partial charge < -0.3 is 30.7 Å². The molecule has 0 unspecified atom stereocenters. The number of carbonyl (C=O) groups excluding carboxylic acids is 2. The van der Waals surface area contributed by atoms with E-state index in [1.165, 1.54) is 6.20 Å². The zero-order chi connectivity index (χ0) is 25.1. The highest BCUT2D eigenvalue weighted by molar-refractivity contribution is 5.95. The Balaban J connectivity index is 2.39. The van der Waals surface area contributed by atoms with Crippen LogP contribution in [0.3, 0.4) is 0 Å². The third kappa shape index (κ3) is 8.45. The number of carbonyl (C=O) groups is 2. The van der Waals surface area contributed by atoms with Crippen molar-refractivity contribution in [3.05, 3.63) is 47.3 Å². The number of aromatic nitrogens is 2. The summed E-state index contributed by atoms with van der Waals surface area (Å²) in [4.78, 5) is 35.0. The molecule has 0 radical (unpaired) electrons. The highest BCUT2D eigenvalue weighted by atomic mass is 16.5. The Morgan fingerprint density at radius 1 is 1.26 bits per heavy atom. The minimum Gasteiger partial charge on any atom is -0.395 e. The maximum atomic E-state index is 12.4. The molecule has 0 aliphatic carbocycles. The summed E-state index contributed by atoms with van der Waals surface area (Å²) in [5, 5.41) is 18.3. The Morgan fingerprint density at radius 2 is 2.03 bits per heavy atom. The normalized spacial score (nSPS) is 11.4. The van der Waals surface area contributed by atoms with Gasteiger partial charge in [0.2, 0.25) is 0 Å². The molecule has 2 aromatic heterocycles. The molecule has 34 heavy (non-hydrogen) atoms. The van der Waals surface area contributed by atoms with Crippen LogP contribution in [0.5, 0.6) is 0 Å². The maximum absolute atomic E-state index is 12.4. The summed E-state index contributed by atoms with van der Waals surface area (Å²) in [6.45, 7) is 7.21. The molecule has 2 aromatic rings. The summed E-state index contributed by atoms with van der Waals surface area (Å²) < 4.78 is 4.96. The number of methoxy groups -OCH3 is 1. The van der Waals surface area contributed by atoms with Crippen molar-refractivity contribution in [1.82, 2.24) is 20.2 Å². The molecule has 0 saturated carbocycles. The number of rotatable bonds is 12. The summed E-state index contributed by atoms with van der Waals surface area (Å²) in [6.07, 6.45) is 5.87. The van der Waals surface area contributed by atoms with Crippen molar-refractivity contribution >= 4 is 35.7 Å². The molecule has 0 bridgehead atoms. The topological polar surface area (TPSA) is 129 Å². The van der Waals surface area contributed by atoms with E-state index < -0.39 is 0 Å². The van der Waals surface area contributed by atoms with Crippen LogP contribution in [0.15, 0.2) is 30.6 Å². The molecule has 2 rings (SSSR count). The maximum Gasteiger partial charge on any atom is 0.251 e. The second-order valence-corrected chi connectivity index (χ2v) is 8.68. The summed E-state index contributed by atoms with van der Waals surface area (Å²) in [7, 11) is 3.40. The van der Waals surface area contributed by atoms with Gasteiger partial charge in [-0.3, -0.25) is 9.59 Å². The number of ether oxygens (including phenoxy) is 1. The lowest BCUT2D eigenvalue weighted by molar-refractivity contribution is 0.0936. The average Bonchev–Trinajstić information content (AvgIpc) is 2.77. The van der Waals surface area contributed by atoms with Gasteiger partial charge in [-0.2, -0.15) is 0 Å². The van der Waals surface area contributed by atoms with Crippen molar-refractivity contribution in [2.75, 3.05) is 51.1 Å². The van der Waals surface area contributed by atoms with Gasteiger partial charge in [-0.25, -0.2) is 9.97 Å². The van der Waals surface area contributed by atoms with Crippen LogP contribution in [0, 0.1) is 0 Å². The van der Waals surface area contributed by atoms with Gasteiger partial charge in [0.05, 0.1) is 18.8 Å². The Bertz CT molecular complexity index is 1000. The monoisotopic (exact) mass is 470 g/mol. The fourth-order valence-corrected chi connectivity index (χ4v) is 2.93. The van der Waals surface area contributed by atoms with E-state index in [4.69, 9.17) is 9.84 Å². The molecule has 0 spiro atoms. The first-order valence-corrected chi connectivity index (χ1v) is 10.9. The zero-order valence-corrected chi connectivity index (χ0v) is 20.4. The van der Waals surface area contributed by atoms with Crippen LogP contribution in [0.1, 0.15) is 47.1 Å². The molecule has 10 nitrogen and oxygen atoms in total. The molecule has 0 aromatic carbocycles. The van der Waals surface area contributed by atoms with E-state index in [9.17, 15) is 9.59 Å². The summed E-state index contributed by atoms with van der Waals surface area (Å²) in [5.41, 5.74) is 1.15. The molecular weight excluding hydrogens is 436 g/mol. The van der Waals surface area contributed by atoms with E-state index >= 15 is 0 Å². The Labute approximate surface area is 200 Å². The molecule has 0 atom stereocenters. The largest absolute Gasteiger partial charge is 0.395 e. The fourth-order valence-electron chi connectivity index (χ4n) is 2.93. The van der Waals surface area contributed by atoms with E-state index in [1.54, 1.807) is 37.6 Å². The van der Waals surface area contributed by atoms with Gasteiger partial charge in [-0.15, -0.1) is 0 Å². The van der Waals surface area contributed by atoms with Crippen LogP contribution in [0.25, 0.3) is 6.08 Å². The van der Waals surface area contributed by atoms with E-state index in [1.807, 2.05) is 32.7 Å². The minimum absolute atomic E-state index is 0.0163. The lowest BCUT2D eigenvalue weighted by atomic mass is 10.1. The van der Waals surface area contributed by atoms with E-state index in [0.29, 0.717) is 53.8 Å². The van der Waals surface area contributed by atoms with Crippen LogP contribution in [0.4, 0.5) is 17.5 Å². The molecular formula is C24H34N6O4. The van der Waals surface area contributed by atoms with E-state index in [2.05, 4.69) is 25.9 Å². The van der Waals surface area contributed by atoms with Crippen LogP contribution in [-0.2, 0) is 4.74 Å². The molecule has 10 heteroatoms. The van der Waals surface area contributed by atoms with Crippen LogP contribution in [0.2, 0.25) is 0 Å². The third-order valence-corrected chi connectivity index (χ3v) is 4.53. The van der Waals surface area contributed by atoms with Crippen LogP contribution >= 0.6 is 0 Å². The number of anilines is 3. The number of likely N-dealkylation sites (N-methyl/N-ethyl adjacent to an activating group) is 1. The highest BCUT2D eigenvalue weighted by Crippen LogP contribution is 2.26. The van der Waals surface area contributed by atoms with Crippen molar-refractivity contribution in [2.45, 2.75) is 26.3 Å². The number of nitrogens with zero attached hydrogens (tertiary/aromatic N) is 3. The molecule has 2 heterocycles. The first-order chi connectivity index (χ1) is 16.2. The number of nitrogens with one attached hydrogen (secondary N) is 3. The molecule has 1 amide bonds. The summed E-state index contributed by atoms with van der Waals surface area (Å²) in [5.74, 6) is 1.06. The zero-order valence-electron chi connectivity index (χ0n) is 20.4. The predicted octanol–water partition coefficient (Wildman–Crippen LogP) is 2.51. The Kier molecular flexibility index (Phi) is 9.96. The fraction of sp³-hybridized carbons (Fsp3) is 0.417.